The van der Waals surface area contributed by atoms with Crippen LogP contribution < -0.4 is 17.7 Å². The Kier molecular flexibility index (Phi) is 5.31. The van der Waals surface area contributed by atoms with Crippen molar-refractivity contribution in [1.82, 2.24) is 0 Å². The minimum absolute atomic E-state index is 0. The standard InChI is InChI=1S/C14H25NO2.ClH/c1-2-5-9-14(8-4-1)16-11-13(17-14)12-7-3-6-10-15-12;/h12-13,15H,1-11H2;1H. The molecular formula is C14H26ClNO2. The van der Waals surface area contributed by atoms with E-state index in [1.807, 2.05) is 0 Å². The predicted molar refractivity (Wildman–Crippen MR) is 65.7 cm³/mol. The van der Waals surface area contributed by atoms with Gasteiger partial charge in [-0.3, -0.25) is 0 Å². The van der Waals surface area contributed by atoms with E-state index >= 15 is 0 Å². The molecule has 2 N–H and O–H groups in total. The highest BCUT2D eigenvalue weighted by Crippen LogP contribution is 2.37. The monoisotopic (exact) mass is 275 g/mol. The third kappa shape index (κ3) is 3.19. The lowest BCUT2D eigenvalue weighted by molar-refractivity contribution is -0.704. The first-order valence-corrected chi connectivity index (χ1v) is 7.53. The summed E-state index contributed by atoms with van der Waals surface area (Å²) in [5, 5.41) is 2.48. The van der Waals surface area contributed by atoms with Crippen LogP contribution in [0.2, 0.25) is 0 Å². The van der Waals surface area contributed by atoms with Gasteiger partial charge in [-0.25, -0.2) is 0 Å². The van der Waals surface area contributed by atoms with Gasteiger partial charge in [0.25, 0.3) is 0 Å². The molecule has 2 heterocycles. The molecule has 3 aliphatic rings. The summed E-state index contributed by atoms with van der Waals surface area (Å²) in [5.74, 6) is -0.188. The molecule has 3 rings (SSSR count). The van der Waals surface area contributed by atoms with E-state index in [1.165, 1.54) is 51.5 Å². The van der Waals surface area contributed by atoms with Crippen LogP contribution in [0, 0.1) is 0 Å². The minimum Gasteiger partial charge on any atom is -1.00 e. The third-order valence-corrected chi connectivity index (χ3v) is 4.68. The van der Waals surface area contributed by atoms with Crippen molar-refractivity contribution < 1.29 is 27.2 Å². The molecule has 4 heteroatoms. The maximum atomic E-state index is 6.36. The normalized spacial score (nSPS) is 36.0. The molecule has 2 aliphatic heterocycles. The van der Waals surface area contributed by atoms with Crippen LogP contribution in [0.25, 0.3) is 0 Å². The highest BCUT2D eigenvalue weighted by molar-refractivity contribution is 4.84. The summed E-state index contributed by atoms with van der Waals surface area (Å²) in [6, 6.07) is 0.659. The Morgan fingerprint density at radius 2 is 1.72 bits per heavy atom. The first kappa shape index (κ1) is 14.6. The first-order chi connectivity index (χ1) is 8.38. The molecule has 1 aliphatic carbocycles. The second kappa shape index (κ2) is 6.56. The highest BCUT2D eigenvalue weighted by Gasteiger charge is 2.45. The lowest BCUT2D eigenvalue weighted by atomic mass is 10.0. The van der Waals surface area contributed by atoms with Crippen molar-refractivity contribution in [1.29, 1.82) is 0 Å². The summed E-state index contributed by atoms with van der Waals surface area (Å²) in [7, 11) is 0. The van der Waals surface area contributed by atoms with E-state index < -0.39 is 0 Å². The van der Waals surface area contributed by atoms with E-state index in [4.69, 9.17) is 9.47 Å². The number of rotatable bonds is 1. The van der Waals surface area contributed by atoms with Crippen molar-refractivity contribution in [2.24, 2.45) is 0 Å². The molecule has 2 unspecified atom stereocenters. The van der Waals surface area contributed by atoms with Crippen LogP contribution >= 0.6 is 0 Å². The fourth-order valence-corrected chi connectivity index (χ4v) is 3.63. The van der Waals surface area contributed by atoms with Crippen molar-refractivity contribution >= 4 is 0 Å². The second-order valence-electron chi connectivity index (χ2n) is 5.98. The van der Waals surface area contributed by atoms with Gasteiger partial charge in [-0.2, -0.15) is 0 Å². The van der Waals surface area contributed by atoms with E-state index in [-0.39, 0.29) is 18.2 Å². The van der Waals surface area contributed by atoms with E-state index in [2.05, 4.69) is 5.32 Å². The number of quaternary nitrogens is 1. The van der Waals surface area contributed by atoms with Crippen LogP contribution in [0.5, 0.6) is 0 Å². The third-order valence-electron chi connectivity index (χ3n) is 4.68. The van der Waals surface area contributed by atoms with Gasteiger partial charge in [-0.1, -0.05) is 12.8 Å². The molecule has 2 saturated heterocycles. The Morgan fingerprint density at radius 3 is 2.39 bits per heavy atom. The zero-order chi connectivity index (χ0) is 11.6. The quantitative estimate of drug-likeness (QED) is 0.637. The molecule has 0 amide bonds. The van der Waals surface area contributed by atoms with Gasteiger partial charge in [0.1, 0.15) is 12.1 Å². The molecule has 0 bridgehead atoms. The van der Waals surface area contributed by atoms with Crippen molar-refractivity contribution in [3.63, 3.8) is 0 Å². The number of ether oxygens (including phenoxy) is 2. The minimum atomic E-state index is -0.188. The molecule has 18 heavy (non-hydrogen) atoms. The van der Waals surface area contributed by atoms with Crippen LogP contribution in [0.15, 0.2) is 0 Å². The second-order valence-corrected chi connectivity index (χ2v) is 5.98. The summed E-state index contributed by atoms with van der Waals surface area (Å²) in [6.07, 6.45) is 11.9. The molecule has 1 saturated carbocycles. The zero-order valence-corrected chi connectivity index (χ0v) is 12.0. The van der Waals surface area contributed by atoms with Crippen LogP contribution in [0.4, 0.5) is 0 Å². The molecule has 2 atom stereocenters. The Morgan fingerprint density at radius 1 is 0.944 bits per heavy atom. The molecular weight excluding hydrogens is 250 g/mol. The van der Waals surface area contributed by atoms with E-state index in [0.29, 0.717) is 12.1 Å². The SMILES string of the molecule is C1CCCC2(CC1)OCC(C1CCCC[NH2+]1)O2.[Cl-]. The van der Waals surface area contributed by atoms with Crippen molar-refractivity contribution in [2.75, 3.05) is 13.2 Å². The van der Waals surface area contributed by atoms with Gasteiger partial charge in [0.15, 0.2) is 5.79 Å². The summed E-state index contributed by atoms with van der Waals surface area (Å²) in [4.78, 5) is 0. The van der Waals surface area contributed by atoms with Gasteiger partial charge in [-0.05, 0) is 25.7 Å². The largest absolute Gasteiger partial charge is 1.00 e. The summed E-state index contributed by atoms with van der Waals surface area (Å²) in [6.45, 7) is 2.11. The molecule has 0 aromatic carbocycles. The van der Waals surface area contributed by atoms with Crippen LogP contribution in [-0.4, -0.2) is 31.1 Å². The Hall–Kier alpha value is 0.170. The first-order valence-electron chi connectivity index (χ1n) is 7.53. The maximum Gasteiger partial charge on any atom is 0.169 e. The van der Waals surface area contributed by atoms with E-state index in [9.17, 15) is 0 Å². The van der Waals surface area contributed by atoms with Crippen molar-refractivity contribution in [3.05, 3.63) is 0 Å². The molecule has 106 valence electrons. The number of halogens is 1. The topological polar surface area (TPSA) is 35.1 Å². The fourth-order valence-electron chi connectivity index (χ4n) is 3.63. The Balaban J connectivity index is 0.00000120. The summed E-state index contributed by atoms with van der Waals surface area (Å²) < 4.78 is 12.4. The summed E-state index contributed by atoms with van der Waals surface area (Å²) in [5.41, 5.74) is 0. The van der Waals surface area contributed by atoms with Crippen LogP contribution in [0.3, 0.4) is 0 Å². The van der Waals surface area contributed by atoms with Crippen molar-refractivity contribution in [3.8, 4) is 0 Å². The number of nitrogens with two attached hydrogens (primary N) is 1. The Bertz CT molecular complexity index is 248. The van der Waals surface area contributed by atoms with Gasteiger partial charge >= 0.3 is 0 Å². The number of hydrogen-bond donors (Lipinski definition) is 1. The number of piperidine rings is 1. The molecule has 3 fully saturated rings. The lowest BCUT2D eigenvalue weighted by Crippen LogP contribution is -3.00. The smallest absolute Gasteiger partial charge is 0.169 e. The number of hydrogen-bond acceptors (Lipinski definition) is 2. The van der Waals surface area contributed by atoms with Gasteiger partial charge in [-0.15, -0.1) is 0 Å². The van der Waals surface area contributed by atoms with Gasteiger partial charge in [0, 0.05) is 19.3 Å². The molecule has 0 aromatic heterocycles. The molecule has 3 nitrogen and oxygen atoms in total. The molecule has 0 radical (unpaired) electrons. The lowest BCUT2D eigenvalue weighted by Gasteiger charge is -2.29. The van der Waals surface area contributed by atoms with Gasteiger partial charge in [0.2, 0.25) is 0 Å². The average Bonchev–Trinajstić information content (AvgIpc) is 2.65. The summed E-state index contributed by atoms with van der Waals surface area (Å²) >= 11 is 0. The predicted octanol–water partition coefficient (Wildman–Crippen LogP) is -1.43. The van der Waals surface area contributed by atoms with Gasteiger partial charge in [0.05, 0.1) is 13.2 Å². The average molecular weight is 276 g/mol. The highest BCUT2D eigenvalue weighted by atomic mass is 35.5. The van der Waals surface area contributed by atoms with Crippen molar-refractivity contribution in [2.45, 2.75) is 75.7 Å². The fraction of sp³-hybridized carbons (Fsp3) is 1.00. The van der Waals surface area contributed by atoms with Crippen LogP contribution in [-0.2, 0) is 9.47 Å². The zero-order valence-electron chi connectivity index (χ0n) is 11.2. The molecule has 0 aromatic rings. The van der Waals surface area contributed by atoms with Crippen LogP contribution in [0.1, 0.15) is 57.8 Å². The van der Waals surface area contributed by atoms with Gasteiger partial charge < -0.3 is 27.2 Å². The van der Waals surface area contributed by atoms with E-state index in [0.717, 1.165) is 19.4 Å². The molecule has 1 spiro atoms. The van der Waals surface area contributed by atoms with E-state index in [1.54, 1.807) is 0 Å². The maximum absolute atomic E-state index is 6.36. The Labute approximate surface area is 116 Å².